The lowest BCUT2D eigenvalue weighted by molar-refractivity contribution is -0.117. The van der Waals surface area contributed by atoms with Gasteiger partial charge in [0, 0.05) is 24.0 Å². The summed E-state index contributed by atoms with van der Waals surface area (Å²) in [4.78, 5) is 36.2. The van der Waals surface area contributed by atoms with E-state index in [1.807, 2.05) is 0 Å². The number of Topliss-reactive ketones (excluding diaryl/α,β-unsaturated/α-hetero) is 3. The van der Waals surface area contributed by atoms with Crippen LogP contribution in [0.3, 0.4) is 0 Å². The third-order valence-corrected chi connectivity index (χ3v) is 3.59. The van der Waals surface area contributed by atoms with Gasteiger partial charge in [-0.2, -0.15) is 0 Å². The van der Waals surface area contributed by atoms with E-state index < -0.39 is 5.41 Å². The van der Waals surface area contributed by atoms with Crippen LogP contribution in [0.25, 0.3) is 0 Å². The molecule has 0 radical (unpaired) electrons. The SMILES string of the molecule is C#CCC1(CCC(C)=O)C(=O)c2ccccc2C1=O. The van der Waals surface area contributed by atoms with Crippen molar-refractivity contribution in [2.45, 2.75) is 26.2 Å². The van der Waals surface area contributed by atoms with Gasteiger partial charge in [-0.3, -0.25) is 9.59 Å². The Balaban J connectivity index is 2.47. The second-order valence-electron chi connectivity index (χ2n) is 4.87. The van der Waals surface area contributed by atoms with E-state index in [2.05, 4.69) is 5.92 Å². The first-order valence-corrected chi connectivity index (χ1v) is 6.14. The number of carbonyl (C=O) groups excluding carboxylic acids is 3. The Morgan fingerprint density at radius 1 is 1.21 bits per heavy atom. The first-order valence-electron chi connectivity index (χ1n) is 6.14. The molecule has 0 spiro atoms. The fourth-order valence-corrected chi connectivity index (χ4v) is 2.54. The van der Waals surface area contributed by atoms with Gasteiger partial charge in [-0.05, 0) is 13.3 Å². The summed E-state index contributed by atoms with van der Waals surface area (Å²) in [7, 11) is 0. The Hall–Kier alpha value is -2.21. The largest absolute Gasteiger partial charge is 0.300 e. The first kappa shape index (κ1) is 13.2. The van der Waals surface area contributed by atoms with Gasteiger partial charge in [-0.15, -0.1) is 12.3 Å². The first-order chi connectivity index (χ1) is 9.03. The van der Waals surface area contributed by atoms with E-state index in [0.29, 0.717) is 11.1 Å². The Morgan fingerprint density at radius 2 is 1.74 bits per heavy atom. The highest BCUT2D eigenvalue weighted by Crippen LogP contribution is 2.42. The van der Waals surface area contributed by atoms with E-state index >= 15 is 0 Å². The Labute approximate surface area is 112 Å². The molecule has 0 fully saturated rings. The summed E-state index contributed by atoms with van der Waals surface area (Å²) in [5.41, 5.74) is -0.387. The van der Waals surface area contributed by atoms with Crippen LogP contribution in [-0.2, 0) is 4.79 Å². The highest BCUT2D eigenvalue weighted by molar-refractivity contribution is 6.29. The quantitative estimate of drug-likeness (QED) is 0.612. The topological polar surface area (TPSA) is 51.2 Å². The molecule has 1 aromatic rings. The summed E-state index contributed by atoms with van der Waals surface area (Å²) in [6.45, 7) is 1.45. The standard InChI is InChI=1S/C16H14O3/c1-3-9-16(10-8-11(2)17)14(18)12-6-4-5-7-13(12)15(16)19/h1,4-7H,8-10H2,2H3. The van der Waals surface area contributed by atoms with Crippen LogP contribution in [-0.4, -0.2) is 17.3 Å². The van der Waals surface area contributed by atoms with Crippen LogP contribution in [0.2, 0.25) is 0 Å². The van der Waals surface area contributed by atoms with Crippen molar-refractivity contribution < 1.29 is 14.4 Å². The molecule has 1 aliphatic carbocycles. The van der Waals surface area contributed by atoms with Crippen molar-refractivity contribution in [2.75, 3.05) is 0 Å². The molecule has 0 heterocycles. The van der Waals surface area contributed by atoms with Crippen molar-refractivity contribution in [3.05, 3.63) is 35.4 Å². The molecule has 2 rings (SSSR count). The average molecular weight is 254 g/mol. The summed E-state index contributed by atoms with van der Waals surface area (Å²) in [5, 5.41) is 0. The smallest absolute Gasteiger partial charge is 0.178 e. The van der Waals surface area contributed by atoms with Crippen LogP contribution < -0.4 is 0 Å². The third-order valence-electron chi connectivity index (χ3n) is 3.59. The molecule has 0 amide bonds. The molecule has 0 N–H and O–H groups in total. The van der Waals surface area contributed by atoms with E-state index in [9.17, 15) is 14.4 Å². The average Bonchev–Trinajstić information content (AvgIpc) is 2.60. The van der Waals surface area contributed by atoms with Gasteiger partial charge in [-0.1, -0.05) is 24.3 Å². The van der Waals surface area contributed by atoms with Crippen LogP contribution in [0.4, 0.5) is 0 Å². The van der Waals surface area contributed by atoms with Crippen LogP contribution in [0.15, 0.2) is 24.3 Å². The highest BCUT2D eigenvalue weighted by atomic mass is 16.2. The molecular weight excluding hydrogens is 240 g/mol. The van der Waals surface area contributed by atoms with Gasteiger partial charge in [-0.25, -0.2) is 0 Å². The van der Waals surface area contributed by atoms with Crippen LogP contribution >= 0.6 is 0 Å². The van der Waals surface area contributed by atoms with Crippen molar-refractivity contribution >= 4 is 17.3 Å². The number of carbonyl (C=O) groups is 3. The Morgan fingerprint density at radius 3 is 2.16 bits per heavy atom. The zero-order valence-electron chi connectivity index (χ0n) is 10.7. The summed E-state index contributed by atoms with van der Waals surface area (Å²) < 4.78 is 0. The summed E-state index contributed by atoms with van der Waals surface area (Å²) in [6.07, 6.45) is 5.75. The highest BCUT2D eigenvalue weighted by Gasteiger charge is 2.51. The van der Waals surface area contributed by atoms with Gasteiger partial charge in [0.05, 0.1) is 0 Å². The number of hydrogen-bond donors (Lipinski definition) is 0. The van der Waals surface area contributed by atoms with E-state index in [1.165, 1.54) is 6.92 Å². The molecule has 3 nitrogen and oxygen atoms in total. The van der Waals surface area contributed by atoms with Crippen molar-refractivity contribution in [3.8, 4) is 12.3 Å². The third kappa shape index (κ3) is 2.00. The van der Waals surface area contributed by atoms with Crippen LogP contribution in [0, 0.1) is 17.8 Å². The molecule has 0 saturated carbocycles. The number of fused-ring (bicyclic) bond motifs is 1. The van der Waals surface area contributed by atoms with Gasteiger partial charge in [0.1, 0.15) is 11.2 Å². The van der Waals surface area contributed by atoms with E-state index in [1.54, 1.807) is 24.3 Å². The second kappa shape index (κ2) is 4.81. The minimum Gasteiger partial charge on any atom is -0.300 e. The van der Waals surface area contributed by atoms with E-state index in [4.69, 9.17) is 6.42 Å². The molecule has 0 atom stereocenters. The van der Waals surface area contributed by atoms with Crippen molar-refractivity contribution in [3.63, 3.8) is 0 Å². The monoisotopic (exact) mass is 254 g/mol. The molecule has 0 saturated heterocycles. The molecule has 0 aromatic heterocycles. The van der Waals surface area contributed by atoms with Crippen LogP contribution in [0.5, 0.6) is 0 Å². The Bertz CT molecular complexity index is 570. The second-order valence-corrected chi connectivity index (χ2v) is 4.87. The maximum absolute atomic E-state index is 12.5. The lowest BCUT2D eigenvalue weighted by atomic mass is 9.75. The number of hydrogen-bond acceptors (Lipinski definition) is 3. The molecule has 0 unspecified atom stereocenters. The van der Waals surface area contributed by atoms with Gasteiger partial charge in [0.2, 0.25) is 0 Å². The molecule has 3 heteroatoms. The number of terminal acetylenes is 1. The van der Waals surface area contributed by atoms with E-state index in [-0.39, 0.29) is 36.6 Å². The van der Waals surface area contributed by atoms with Gasteiger partial charge in [0.25, 0.3) is 0 Å². The van der Waals surface area contributed by atoms with Gasteiger partial charge < -0.3 is 4.79 Å². The molecule has 0 bridgehead atoms. The maximum Gasteiger partial charge on any atom is 0.178 e. The number of benzene rings is 1. The normalized spacial score (nSPS) is 16.0. The molecular formula is C16H14O3. The van der Waals surface area contributed by atoms with Crippen molar-refractivity contribution in [1.29, 1.82) is 0 Å². The Kier molecular flexibility index (Phi) is 3.35. The van der Waals surface area contributed by atoms with Gasteiger partial charge >= 0.3 is 0 Å². The lowest BCUT2D eigenvalue weighted by Crippen LogP contribution is -2.33. The van der Waals surface area contributed by atoms with Crippen LogP contribution in [0.1, 0.15) is 46.9 Å². The molecule has 96 valence electrons. The fraction of sp³-hybridized carbons (Fsp3) is 0.312. The predicted molar refractivity (Wildman–Crippen MR) is 70.9 cm³/mol. The molecule has 0 aliphatic heterocycles. The van der Waals surface area contributed by atoms with Crippen molar-refractivity contribution in [2.24, 2.45) is 5.41 Å². The summed E-state index contributed by atoms with van der Waals surface area (Å²) in [6, 6.07) is 6.73. The number of rotatable bonds is 4. The maximum atomic E-state index is 12.5. The number of ketones is 3. The van der Waals surface area contributed by atoms with Crippen molar-refractivity contribution in [1.82, 2.24) is 0 Å². The lowest BCUT2D eigenvalue weighted by Gasteiger charge is -2.22. The minimum absolute atomic E-state index is 0.0482. The molecule has 1 aliphatic rings. The predicted octanol–water partition coefficient (Wildman–Crippen LogP) is 2.44. The minimum atomic E-state index is -1.23. The summed E-state index contributed by atoms with van der Waals surface area (Å²) >= 11 is 0. The fourth-order valence-electron chi connectivity index (χ4n) is 2.54. The zero-order valence-corrected chi connectivity index (χ0v) is 10.7. The zero-order chi connectivity index (χ0) is 14.0. The molecule has 19 heavy (non-hydrogen) atoms. The summed E-state index contributed by atoms with van der Waals surface area (Å²) in [5.74, 6) is 1.88. The molecule has 1 aromatic carbocycles. The van der Waals surface area contributed by atoms with E-state index in [0.717, 1.165) is 0 Å². The van der Waals surface area contributed by atoms with Gasteiger partial charge in [0.15, 0.2) is 11.6 Å².